The number of carbonyl (C=O) groups excluding carboxylic acids is 2. The number of nitrogens with zero attached hydrogens (tertiary/aromatic N) is 1. The minimum Gasteiger partial charge on any atom is -0.274 e. The highest BCUT2D eigenvalue weighted by atomic mass is 16.2. The zero-order chi connectivity index (χ0) is 21.5. The lowest BCUT2D eigenvalue weighted by Gasteiger charge is -2.54. The van der Waals surface area contributed by atoms with Crippen molar-refractivity contribution in [3.63, 3.8) is 0 Å². The Bertz CT molecular complexity index is 1230. The van der Waals surface area contributed by atoms with Crippen LogP contribution in [-0.4, -0.2) is 11.8 Å². The Morgan fingerprint density at radius 1 is 0.839 bits per heavy atom. The summed E-state index contributed by atoms with van der Waals surface area (Å²) in [5, 5.41) is 0. The van der Waals surface area contributed by atoms with Crippen LogP contribution in [0, 0.1) is 25.7 Å². The fourth-order valence-corrected chi connectivity index (χ4v) is 6.82. The van der Waals surface area contributed by atoms with E-state index < -0.39 is 5.41 Å². The van der Waals surface area contributed by atoms with Gasteiger partial charge in [-0.25, -0.2) is 4.90 Å². The summed E-state index contributed by atoms with van der Waals surface area (Å²) in [5.41, 5.74) is 7.25. The van der Waals surface area contributed by atoms with Gasteiger partial charge in [-0.15, -0.1) is 0 Å². The maximum atomic E-state index is 14.1. The molecular weight excluding hydrogens is 382 g/mol. The second-order valence-corrected chi connectivity index (χ2v) is 9.28. The van der Waals surface area contributed by atoms with Crippen LogP contribution < -0.4 is 4.90 Å². The summed E-state index contributed by atoms with van der Waals surface area (Å²) in [5.74, 6) is -0.872. The molecule has 4 aliphatic rings. The molecule has 0 aromatic heterocycles. The van der Waals surface area contributed by atoms with Gasteiger partial charge in [0, 0.05) is 11.3 Å². The minimum atomic E-state index is -0.466. The second-order valence-electron chi connectivity index (χ2n) is 9.28. The zero-order valence-corrected chi connectivity index (χ0v) is 18.1. The highest BCUT2D eigenvalue weighted by Gasteiger charge is 2.67. The van der Waals surface area contributed by atoms with Crippen LogP contribution in [0.5, 0.6) is 0 Å². The van der Waals surface area contributed by atoms with Crippen LogP contribution in [0.15, 0.2) is 66.7 Å². The maximum absolute atomic E-state index is 14.1. The van der Waals surface area contributed by atoms with Gasteiger partial charge in [0.05, 0.1) is 17.5 Å². The standard InChI is InChI=1S/C28H25NO2/c1-4-28-20-11-7-5-9-18(20)23(19-10-6-8-12-21(19)28)24-25(28)27(31)29(26(24)30)22-14-13-16(2)15-17(22)3/h5-15,23-25H,4H2,1-3H3. The first-order valence-electron chi connectivity index (χ1n) is 11.1. The van der Waals surface area contributed by atoms with E-state index >= 15 is 0 Å². The van der Waals surface area contributed by atoms with Crippen molar-refractivity contribution in [1.82, 2.24) is 0 Å². The van der Waals surface area contributed by atoms with Gasteiger partial charge < -0.3 is 0 Å². The Hall–Kier alpha value is -3.20. The van der Waals surface area contributed by atoms with Crippen molar-refractivity contribution < 1.29 is 9.59 Å². The SMILES string of the molecule is CCC12c3ccccc3C(c3ccccc31)C1C(=O)N(c3ccc(C)cc3C)C(=O)C12. The zero-order valence-electron chi connectivity index (χ0n) is 18.1. The molecule has 1 heterocycles. The van der Waals surface area contributed by atoms with Gasteiger partial charge in [-0.3, -0.25) is 9.59 Å². The van der Waals surface area contributed by atoms with Crippen molar-refractivity contribution in [1.29, 1.82) is 0 Å². The highest BCUT2D eigenvalue weighted by Crippen LogP contribution is 2.65. The Morgan fingerprint density at radius 2 is 1.45 bits per heavy atom. The topological polar surface area (TPSA) is 37.4 Å². The van der Waals surface area contributed by atoms with E-state index in [-0.39, 0.29) is 29.6 Å². The molecule has 2 bridgehead atoms. The average Bonchev–Trinajstić information content (AvgIpc) is 3.05. The summed E-state index contributed by atoms with van der Waals surface area (Å²) in [6.45, 7) is 6.18. The van der Waals surface area contributed by atoms with Crippen LogP contribution >= 0.6 is 0 Å². The summed E-state index contributed by atoms with van der Waals surface area (Å²) in [6, 6.07) is 22.9. The summed E-state index contributed by atoms with van der Waals surface area (Å²) in [7, 11) is 0. The lowest BCUT2D eigenvalue weighted by molar-refractivity contribution is -0.123. The van der Waals surface area contributed by atoms with E-state index in [2.05, 4.69) is 55.5 Å². The van der Waals surface area contributed by atoms with E-state index in [1.807, 2.05) is 32.0 Å². The fraction of sp³-hybridized carbons (Fsp3) is 0.286. The van der Waals surface area contributed by atoms with Gasteiger partial charge in [-0.05, 0) is 54.2 Å². The Labute approximate surface area is 182 Å². The van der Waals surface area contributed by atoms with Crippen molar-refractivity contribution in [2.24, 2.45) is 11.8 Å². The molecule has 0 radical (unpaired) electrons. The quantitative estimate of drug-likeness (QED) is 0.543. The number of rotatable bonds is 2. The van der Waals surface area contributed by atoms with Crippen molar-refractivity contribution in [2.75, 3.05) is 4.90 Å². The van der Waals surface area contributed by atoms with Gasteiger partial charge in [0.25, 0.3) is 0 Å². The number of benzene rings is 3. The molecule has 2 amide bonds. The smallest absolute Gasteiger partial charge is 0.238 e. The van der Waals surface area contributed by atoms with Crippen LogP contribution in [0.1, 0.15) is 52.6 Å². The van der Waals surface area contributed by atoms with Crippen LogP contribution in [0.3, 0.4) is 0 Å². The van der Waals surface area contributed by atoms with Crippen molar-refractivity contribution in [3.05, 3.63) is 100 Å². The molecule has 2 atom stereocenters. The molecule has 3 aromatic rings. The third-order valence-electron chi connectivity index (χ3n) is 7.94. The molecule has 3 aliphatic carbocycles. The van der Waals surface area contributed by atoms with Gasteiger partial charge in [0.15, 0.2) is 0 Å². The normalized spacial score (nSPS) is 27.8. The van der Waals surface area contributed by atoms with Crippen molar-refractivity contribution in [2.45, 2.75) is 38.5 Å². The molecule has 3 aromatic carbocycles. The number of imide groups is 1. The fourth-order valence-electron chi connectivity index (χ4n) is 6.82. The predicted molar refractivity (Wildman–Crippen MR) is 121 cm³/mol. The second kappa shape index (κ2) is 6.16. The first kappa shape index (κ1) is 18.6. The van der Waals surface area contributed by atoms with E-state index in [0.717, 1.165) is 23.2 Å². The summed E-state index contributed by atoms with van der Waals surface area (Å²) in [6.07, 6.45) is 0.786. The van der Waals surface area contributed by atoms with Gasteiger partial charge in [0.2, 0.25) is 11.8 Å². The third kappa shape index (κ3) is 2.09. The number of amides is 2. The molecule has 31 heavy (non-hydrogen) atoms. The van der Waals surface area contributed by atoms with Crippen LogP contribution in [0.4, 0.5) is 5.69 Å². The molecule has 7 rings (SSSR count). The van der Waals surface area contributed by atoms with Gasteiger partial charge in [0.1, 0.15) is 0 Å². The summed E-state index contributed by atoms with van der Waals surface area (Å²) >= 11 is 0. The third-order valence-corrected chi connectivity index (χ3v) is 7.94. The van der Waals surface area contributed by atoms with Crippen LogP contribution in [0.25, 0.3) is 0 Å². The van der Waals surface area contributed by atoms with Crippen molar-refractivity contribution in [3.8, 4) is 0 Å². The summed E-state index contributed by atoms with van der Waals surface area (Å²) in [4.78, 5) is 29.5. The van der Waals surface area contributed by atoms with E-state index in [1.54, 1.807) is 0 Å². The van der Waals surface area contributed by atoms with Crippen LogP contribution in [0.2, 0.25) is 0 Å². The Kier molecular flexibility index (Phi) is 3.69. The Morgan fingerprint density at radius 3 is 2.03 bits per heavy atom. The van der Waals surface area contributed by atoms with Crippen LogP contribution in [-0.2, 0) is 15.0 Å². The largest absolute Gasteiger partial charge is 0.274 e. The molecule has 3 nitrogen and oxygen atoms in total. The lowest BCUT2D eigenvalue weighted by Crippen LogP contribution is -2.53. The van der Waals surface area contributed by atoms with Gasteiger partial charge in [-0.1, -0.05) is 73.2 Å². The van der Waals surface area contributed by atoms with Crippen molar-refractivity contribution >= 4 is 17.5 Å². The predicted octanol–water partition coefficient (Wildman–Crippen LogP) is 5.26. The minimum absolute atomic E-state index is 0.0437. The molecule has 1 saturated heterocycles. The maximum Gasteiger partial charge on any atom is 0.238 e. The number of anilines is 1. The molecule has 0 spiro atoms. The number of hydrogen-bond acceptors (Lipinski definition) is 2. The lowest BCUT2D eigenvalue weighted by atomic mass is 9.46. The van der Waals surface area contributed by atoms with E-state index in [1.165, 1.54) is 27.2 Å². The number of carbonyl (C=O) groups is 2. The first-order chi connectivity index (χ1) is 15.0. The Balaban J connectivity index is 1.64. The van der Waals surface area contributed by atoms with E-state index in [4.69, 9.17) is 0 Å². The molecule has 2 unspecified atom stereocenters. The number of aryl methyl sites for hydroxylation is 2. The molecule has 3 heteroatoms. The van der Waals surface area contributed by atoms with E-state index in [0.29, 0.717) is 0 Å². The molecule has 1 aliphatic heterocycles. The average molecular weight is 408 g/mol. The molecule has 0 saturated carbocycles. The van der Waals surface area contributed by atoms with E-state index in [9.17, 15) is 9.59 Å². The molecule has 154 valence electrons. The molecule has 1 fully saturated rings. The monoisotopic (exact) mass is 407 g/mol. The first-order valence-corrected chi connectivity index (χ1v) is 11.1. The molecule has 0 N–H and O–H groups in total. The highest BCUT2D eigenvalue weighted by molar-refractivity contribution is 6.24. The van der Waals surface area contributed by atoms with Gasteiger partial charge >= 0.3 is 0 Å². The summed E-state index contributed by atoms with van der Waals surface area (Å²) < 4.78 is 0. The molecular formula is C28H25NO2. The number of hydrogen-bond donors (Lipinski definition) is 0. The van der Waals surface area contributed by atoms with Gasteiger partial charge in [-0.2, -0.15) is 0 Å².